The van der Waals surface area contributed by atoms with Crippen molar-refractivity contribution in [1.82, 2.24) is 0 Å². The van der Waals surface area contributed by atoms with Crippen LogP contribution in [0.4, 0.5) is 11.4 Å². The number of hydrogen-bond acceptors (Lipinski definition) is 5. The molecule has 0 radical (unpaired) electrons. The van der Waals surface area contributed by atoms with E-state index in [0.717, 1.165) is 10.6 Å². The van der Waals surface area contributed by atoms with Gasteiger partial charge in [0.1, 0.15) is 11.5 Å². The van der Waals surface area contributed by atoms with Crippen LogP contribution >= 0.6 is 11.6 Å². The highest BCUT2D eigenvalue weighted by molar-refractivity contribution is 7.92. The van der Waals surface area contributed by atoms with E-state index >= 15 is 0 Å². The molecule has 0 bridgehead atoms. The van der Waals surface area contributed by atoms with Gasteiger partial charge >= 0.3 is 0 Å². The first-order chi connectivity index (χ1) is 12.3. The number of amides is 1. The van der Waals surface area contributed by atoms with Crippen molar-refractivity contribution in [1.29, 1.82) is 0 Å². The summed E-state index contributed by atoms with van der Waals surface area (Å²) in [4.78, 5) is 12.6. The normalized spacial score (nSPS) is 16.4. The second-order valence-corrected chi connectivity index (χ2v) is 8.05. The first-order valence-electron chi connectivity index (χ1n) is 7.67. The molecule has 0 saturated carbocycles. The number of nitrogens with one attached hydrogen (secondary N) is 1. The Morgan fingerprint density at radius 3 is 2.73 bits per heavy atom. The van der Waals surface area contributed by atoms with Gasteiger partial charge in [-0.2, -0.15) is 0 Å². The third kappa shape index (κ3) is 3.71. The van der Waals surface area contributed by atoms with Crippen LogP contribution in [0.25, 0.3) is 0 Å². The lowest BCUT2D eigenvalue weighted by Gasteiger charge is -2.34. The predicted molar refractivity (Wildman–Crippen MR) is 99.7 cm³/mol. The number of halogens is 1. The summed E-state index contributed by atoms with van der Waals surface area (Å²) in [5, 5.41) is 3.08. The summed E-state index contributed by atoms with van der Waals surface area (Å²) in [6, 6.07) is 11.5. The summed E-state index contributed by atoms with van der Waals surface area (Å²) in [6.45, 7) is -0.160. The molecular weight excluding hydrogens is 380 g/mol. The van der Waals surface area contributed by atoms with Gasteiger partial charge in [0, 0.05) is 5.02 Å². The number of carbonyl (C=O) groups excluding carboxylic acids is 1. The van der Waals surface area contributed by atoms with E-state index in [4.69, 9.17) is 21.1 Å². The quantitative estimate of drug-likeness (QED) is 0.858. The van der Waals surface area contributed by atoms with Crippen LogP contribution in [0.5, 0.6) is 11.5 Å². The summed E-state index contributed by atoms with van der Waals surface area (Å²) >= 11 is 5.96. The first-order valence-corrected chi connectivity index (χ1v) is 9.90. The van der Waals surface area contributed by atoms with Crippen LogP contribution in [0.3, 0.4) is 0 Å². The Hall–Kier alpha value is -2.45. The first kappa shape index (κ1) is 18.3. The van der Waals surface area contributed by atoms with Crippen molar-refractivity contribution in [2.24, 2.45) is 0 Å². The molecule has 0 saturated heterocycles. The van der Waals surface area contributed by atoms with E-state index in [1.165, 1.54) is 13.2 Å². The molecule has 2 aromatic carbocycles. The maximum atomic E-state index is 12.6. The molecule has 1 aliphatic rings. The fourth-order valence-corrected chi connectivity index (χ4v) is 3.71. The zero-order valence-corrected chi connectivity index (χ0v) is 15.7. The van der Waals surface area contributed by atoms with Gasteiger partial charge in [0.25, 0.3) is 5.91 Å². The highest BCUT2D eigenvalue weighted by Gasteiger charge is 2.35. The number of anilines is 2. The Balaban J connectivity index is 1.90. The minimum Gasteiger partial charge on any atom is -0.495 e. The van der Waals surface area contributed by atoms with Gasteiger partial charge in [0.05, 0.1) is 31.3 Å². The van der Waals surface area contributed by atoms with E-state index in [2.05, 4.69) is 5.32 Å². The number of carbonyl (C=O) groups is 1. The Morgan fingerprint density at radius 2 is 2.04 bits per heavy atom. The molecule has 9 heteroatoms. The van der Waals surface area contributed by atoms with E-state index in [0.29, 0.717) is 22.1 Å². The average Bonchev–Trinajstić information content (AvgIpc) is 2.60. The van der Waals surface area contributed by atoms with Gasteiger partial charge in [0.2, 0.25) is 10.0 Å². The Kier molecular flexibility index (Phi) is 4.97. The van der Waals surface area contributed by atoms with E-state index in [-0.39, 0.29) is 12.3 Å². The standard InChI is InChI=1S/C17H17ClN2O5S/c1-24-14-6-4-3-5-12(14)19-17(21)16-10-20(26(2,22)23)13-9-11(18)7-8-15(13)25-16/h3-9,16H,10H2,1-2H3,(H,19,21). The van der Waals surface area contributed by atoms with Crippen LogP contribution in [-0.4, -0.2) is 40.3 Å². The van der Waals surface area contributed by atoms with E-state index in [1.54, 1.807) is 36.4 Å². The van der Waals surface area contributed by atoms with Crippen LogP contribution in [0.2, 0.25) is 5.02 Å². The topological polar surface area (TPSA) is 84.9 Å². The van der Waals surface area contributed by atoms with Crippen molar-refractivity contribution < 1.29 is 22.7 Å². The van der Waals surface area contributed by atoms with Gasteiger partial charge in [0.15, 0.2) is 6.10 Å². The van der Waals surface area contributed by atoms with Crippen LogP contribution in [-0.2, 0) is 14.8 Å². The second kappa shape index (κ2) is 7.05. The average molecular weight is 397 g/mol. The molecule has 7 nitrogen and oxygen atoms in total. The van der Waals surface area contributed by atoms with Gasteiger partial charge in [-0.05, 0) is 30.3 Å². The van der Waals surface area contributed by atoms with E-state index in [1.807, 2.05) is 0 Å². The molecule has 0 aliphatic carbocycles. The third-order valence-electron chi connectivity index (χ3n) is 3.85. The van der Waals surface area contributed by atoms with Crippen LogP contribution in [0.1, 0.15) is 0 Å². The lowest BCUT2D eigenvalue weighted by molar-refractivity contribution is -0.122. The summed E-state index contributed by atoms with van der Waals surface area (Å²) in [5.74, 6) is 0.277. The van der Waals surface area contributed by atoms with Crippen molar-refractivity contribution in [3.8, 4) is 11.5 Å². The van der Waals surface area contributed by atoms with Gasteiger partial charge < -0.3 is 14.8 Å². The molecule has 1 aliphatic heterocycles. The van der Waals surface area contributed by atoms with Crippen LogP contribution in [0.15, 0.2) is 42.5 Å². The molecule has 1 atom stereocenters. The summed E-state index contributed by atoms with van der Waals surface area (Å²) in [6.07, 6.45) is 0.0429. The van der Waals surface area contributed by atoms with Crippen molar-refractivity contribution in [3.63, 3.8) is 0 Å². The zero-order valence-electron chi connectivity index (χ0n) is 14.1. The Morgan fingerprint density at radius 1 is 1.31 bits per heavy atom. The molecule has 2 aromatic rings. The maximum Gasteiger partial charge on any atom is 0.267 e. The number of ether oxygens (including phenoxy) is 2. The van der Waals surface area contributed by atoms with Gasteiger partial charge in [-0.1, -0.05) is 23.7 Å². The fourth-order valence-electron chi connectivity index (χ4n) is 2.64. The van der Waals surface area contributed by atoms with Gasteiger partial charge in [-0.15, -0.1) is 0 Å². The SMILES string of the molecule is COc1ccccc1NC(=O)C1CN(S(C)(=O)=O)c2cc(Cl)ccc2O1. The molecule has 3 rings (SSSR count). The zero-order chi connectivity index (χ0) is 18.9. The third-order valence-corrected chi connectivity index (χ3v) is 5.23. The lowest BCUT2D eigenvalue weighted by atomic mass is 10.2. The highest BCUT2D eigenvalue weighted by Crippen LogP contribution is 2.37. The number of hydrogen-bond donors (Lipinski definition) is 1. The Labute approximate surface area is 156 Å². The van der Waals surface area contributed by atoms with Gasteiger partial charge in [-0.3, -0.25) is 9.10 Å². The number of benzene rings is 2. The van der Waals surface area contributed by atoms with Crippen LogP contribution in [0, 0.1) is 0 Å². The fraction of sp³-hybridized carbons (Fsp3) is 0.235. The summed E-state index contributed by atoms with van der Waals surface area (Å²) in [5.41, 5.74) is 0.776. The molecule has 0 spiro atoms. The molecule has 1 unspecified atom stereocenters. The Bertz CT molecular complexity index is 948. The second-order valence-electron chi connectivity index (χ2n) is 5.70. The maximum absolute atomic E-state index is 12.6. The van der Waals surface area contributed by atoms with Crippen molar-refractivity contribution in [2.45, 2.75) is 6.10 Å². The highest BCUT2D eigenvalue weighted by atomic mass is 35.5. The molecule has 26 heavy (non-hydrogen) atoms. The molecule has 1 heterocycles. The minimum absolute atomic E-state index is 0.160. The van der Waals surface area contributed by atoms with Crippen LogP contribution < -0.4 is 19.1 Å². The van der Waals surface area contributed by atoms with Gasteiger partial charge in [-0.25, -0.2) is 8.42 Å². The number of methoxy groups -OCH3 is 1. The smallest absolute Gasteiger partial charge is 0.267 e. The summed E-state index contributed by atoms with van der Waals surface area (Å²) in [7, 11) is -2.12. The molecule has 1 amide bonds. The number of para-hydroxylation sites is 2. The van der Waals surface area contributed by atoms with Crippen molar-refractivity contribution >= 4 is 38.9 Å². The van der Waals surface area contributed by atoms with Crippen molar-refractivity contribution in [3.05, 3.63) is 47.5 Å². The van der Waals surface area contributed by atoms with E-state index in [9.17, 15) is 13.2 Å². The monoisotopic (exact) mass is 396 g/mol. The molecule has 1 N–H and O–H groups in total. The number of sulfonamides is 1. The number of fused-ring (bicyclic) bond motifs is 1. The molecule has 0 aromatic heterocycles. The molecule has 0 fully saturated rings. The molecular formula is C17H17ClN2O5S. The number of rotatable bonds is 4. The number of nitrogens with zero attached hydrogens (tertiary/aromatic N) is 1. The lowest BCUT2D eigenvalue weighted by Crippen LogP contribution is -2.48. The predicted octanol–water partition coefficient (Wildman–Crippen LogP) is 2.51. The minimum atomic E-state index is -3.62. The largest absolute Gasteiger partial charge is 0.495 e. The summed E-state index contributed by atoms with van der Waals surface area (Å²) < 4.78 is 36.3. The van der Waals surface area contributed by atoms with E-state index < -0.39 is 22.0 Å². The molecule has 138 valence electrons. The van der Waals surface area contributed by atoms with Crippen molar-refractivity contribution in [2.75, 3.05) is 29.5 Å².